The van der Waals surface area contributed by atoms with Gasteiger partial charge in [0.1, 0.15) is 11.5 Å². The van der Waals surface area contributed by atoms with E-state index in [1.807, 2.05) is 6.92 Å². The Labute approximate surface area is 94.7 Å². The molecular weight excluding hydrogens is 208 g/mol. The number of nitrogens with two attached hydrogens (primary N) is 1. The highest BCUT2D eigenvalue weighted by Crippen LogP contribution is 2.34. The van der Waals surface area contributed by atoms with E-state index in [2.05, 4.69) is 0 Å². The minimum atomic E-state index is -0.552. The van der Waals surface area contributed by atoms with Gasteiger partial charge in [-0.2, -0.15) is 0 Å². The number of anilines is 1. The predicted molar refractivity (Wildman–Crippen MR) is 62.3 cm³/mol. The number of rotatable bonds is 3. The lowest BCUT2D eigenvalue weighted by atomic mass is 10.1. The Bertz CT molecular complexity index is 404. The van der Waals surface area contributed by atoms with Crippen LogP contribution in [0.5, 0.6) is 11.5 Å². The van der Waals surface area contributed by atoms with Crippen LogP contribution >= 0.6 is 0 Å². The van der Waals surface area contributed by atoms with E-state index in [0.29, 0.717) is 17.2 Å². The van der Waals surface area contributed by atoms with Gasteiger partial charge in [0.15, 0.2) is 0 Å². The maximum atomic E-state index is 11.1. The molecule has 5 nitrogen and oxygen atoms in total. The summed E-state index contributed by atoms with van der Waals surface area (Å²) in [6.45, 7) is 1.90. The van der Waals surface area contributed by atoms with E-state index in [1.165, 1.54) is 4.90 Å². The number of urea groups is 1. The fourth-order valence-electron chi connectivity index (χ4n) is 1.42. The number of carbonyl (C=O) groups excluding carboxylic acids is 1. The summed E-state index contributed by atoms with van der Waals surface area (Å²) in [5.41, 5.74) is 6.72. The predicted octanol–water partition coefficient (Wildman–Crippen LogP) is 1.53. The molecule has 0 aliphatic rings. The number of carbonyl (C=O) groups is 1. The van der Waals surface area contributed by atoms with Gasteiger partial charge in [0.2, 0.25) is 0 Å². The van der Waals surface area contributed by atoms with Crippen LogP contribution in [0.4, 0.5) is 10.5 Å². The van der Waals surface area contributed by atoms with Gasteiger partial charge in [0, 0.05) is 13.1 Å². The zero-order valence-corrected chi connectivity index (χ0v) is 9.90. The van der Waals surface area contributed by atoms with Crippen LogP contribution in [0.2, 0.25) is 0 Å². The van der Waals surface area contributed by atoms with E-state index in [1.54, 1.807) is 33.4 Å². The molecule has 5 heteroatoms. The van der Waals surface area contributed by atoms with Crippen LogP contribution in [-0.2, 0) is 0 Å². The fraction of sp³-hybridized carbons (Fsp3) is 0.364. The molecule has 0 saturated carbocycles. The first-order chi connectivity index (χ1) is 7.51. The smallest absolute Gasteiger partial charge is 0.319 e. The van der Waals surface area contributed by atoms with Crippen molar-refractivity contribution in [2.45, 2.75) is 6.92 Å². The summed E-state index contributed by atoms with van der Waals surface area (Å²) >= 11 is 0. The second kappa shape index (κ2) is 4.74. The van der Waals surface area contributed by atoms with Gasteiger partial charge in [-0.3, -0.25) is 4.90 Å². The molecule has 0 aliphatic heterocycles. The number of primary amides is 1. The molecule has 0 aliphatic carbocycles. The minimum absolute atomic E-state index is 0.552. The van der Waals surface area contributed by atoms with Crippen molar-refractivity contribution in [2.24, 2.45) is 5.73 Å². The van der Waals surface area contributed by atoms with Gasteiger partial charge in [-0.1, -0.05) is 0 Å². The lowest BCUT2D eigenvalue weighted by Gasteiger charge is -2.19. The average molecular weight is 224 g/mol. The molecule has 0 saturated heterocycles. The van der Waals surface area contributed by atoms with Crippen LogP contribution in [0.25, 0.3) is 0 Å². The molecule has 0 radical (unpaired) electrons. The average Bonchev–Trinajstić information content (AvgIpc) is 2.27. The number of ether oxygens (including phenoxy) is 2. The van der Waals surface area contributed by atoms with Crippen molar-refractivity contribution in [3.8, 4) is 11.5 Å². The van der Waals surface area contributed by atoms with Crippen molar-refractivity contribution in [1.29, 1.82) is 0 Å². The van der Waals surface area contributed by atoms with Crippen molar-refractivity contribution < 1.29 is 14.3 Å². The van der Waals surface area contributed by atoms with Crippen molar-refractivity contribution in [2.75, 3.05) is 26.2 Å². The molecule has 0 unspecified atom stereocenters. The fourth-order valence-corrected chi connectivity index (χ4v) is 1.42. The van der Waals surface area contributed by atoms with Crippen LogP contribution < -0.4 is 20.1 Å². The molecule has 2 amide bonds. The highest BCUT2D eigenvalue weighted by Gasteiger charge is 2.15. The molecule has 88 valence electrons. The van der Waals surface area contributed by atoms with Gasteiger partial charge in [-0.25, -0.2) is 4.79 Å². The SMILES string of the molecule is COc1cc(N(C)C(N)=O)c(OC)cc1C. The summed E-state index contributed by atoms with van der Waals surface area (Å²) in [4.78, 5) is 12.4. The van der Waals surface area contributed by atoms with Crippen LogP contribution in [0.1, 0.15) is 5.56 Å². The third-order valence-corrected chi connectivity index (χ3v) is 2.39. The summed E-state index contributed by atoms with van der Waals surface area (Å²) in [6, 6.07) is 2.97. The first kappa shape index (κ1) is 12.2. The third kappa shape index (κ3) is 2.18. The van der Waals surface area contributed by atoms with Crippen molar-refractivity contribution >= 4 is 11.7 Å². The summed E-state index contributed by atoms with van der Waals surface area (Å²) in [5, 5.41) is 0. The second-order valence-corrected chi connectivity index (χ2v) is 3.39. The quantitative estimate of drug-likeness (QED) is 0.846. The molecule has 0 heterocycles. The lowest BCUT2D eigenvalue weighted by Crippen LogP contribution is -2.32. The summed E-state index contributed by atoms with van der Waals surface area (Å²) < 4.78 is 10.4. The topological polar surface area (TPSA) is 64.8 Å². The van der Waals surface area contributed by atoms with E-state index >= 15 is 0 Å². The van der Waals surface area contributed by atoms with Gasteiger partial charge in [-0.05, 0) is 18.6 Å². The van der Waals surface area contributed by atoms with Crippen LogP contribution in [-0.4, -0.2) is 27.3 Å². The van der Waals surface area contributed by atoms with Gasteiger partial charge >= 0.3 is 6.03 Å². The van der Waals surface area contributed by atoms with Gasteiger partial charge in [0.25, 0.3) is 0 Å². The van der Waals surface area contributed by atoms with E-state index in [0.717, 1.165) is 5.56 Å². The molecule has 0 atom stereocenters. The molecule has 0 spiro atoms. The molecule has 0 bridgehead atoms. The van der Waals surface area contributed by atoms with Crippen molar-refractivity contribution in [1.82, 2.24) is 0 Å². The first-order valence-electron chi connectivity index (χ1n) is 4.77. The maximum absolute atomic E-state index is 11.1. The number of methoxy groups -OCH3 is 2. The number of benzene rings is 1. The number of nitrogens with zero attached hydrogens (tertiary/aromatic N) is 1. The Kier molecular flexibility index (Phi) is 3.60. The van der Waals surface area contributed by atoms with Gasteiger partial charge in [0.05, 0.1) is 19.9 Å². The van der Waals surface area contributed by atoms with E-state index in [4.69, 9.17) is 15.2 Å². The van der Waals surface area contributed by atoms with Crippen LogP contribution in [0, 0.1) is 6.92 Å². The van der Waals surface area contributed by atoms with E-state index < -0.39 is 6.03 Å². The molecular formula is C11H16N2O3. The maximum Gasteiger partial charge on any atom is 0.319 e. The first-order valence-corrected chi connectivity index (χ1v) is 4.77. The molecule has 0 aromatic heterocycles. The highest BCUT2D eigenvalue weighted by atomic mass is 16.5. The lowest BCUT2D eigenvalue weighted by molar-refractivity contribution is 0.255. The number of hydrogen-bond donors (Lipinski definition) is 1. The molecule has 2 N–H and O–H groups in total. The Balaban J connectivity index is 3.29. The highest BCUT2D eigenvalue weighted by molar-refractivity contribution is 5.92. The van der Waals surface area contributed by atoms with Gasteiger partial charge in [-0.15, -0.1) is 0 Å². The molecule has 16 heavy (non-hydrogen) atoms. The molecule has 0 fully saturated rings. The minimum Gasteiger partial charge on any atom is -0.496 e. The zero-order chi connectivity index (χ0) is 12.3. The van der Waals surface area contributed by atoms with Crippen molar-refractivity contribution in [3.05, 3.63) is 17.7 Å². The summed E-state index contributed by atoms with van der Waals surface area (Å²) in [6.07, 6.45) is 0. The van der Waals surface area contributed by atoms with E-state index in [9.17, 15) is 4.79 Å². The Morgan fingerprint density at radius 2 is 1.81 bits per heavy atom. The summed E-state index contributed by atoms with van der Waals surface area (Å²) in [7, 11) is 4.69. The number of aryl methyl sites for hydroxylation is 1. The second-order valence-electron chi connectivity index (χ2n) is 3.39. The Morgan fingerprint density at radius 3 is 2.25 bits per heavy atom. The standard InChI is InChI=1S/C11H16N2O3/c1-7-5-10(16-4)8(6-9(7)15-3)13(2)11(12)14/h5-6H,1-4H3,(H2,12,14). The third-order valence-electron chi connectivity index (χ3n) is 2.39. The molecule has 1 rings (SSSR count). The van der Waals surface area contributed by atoms with Crippen LogP contribution in [0.15, 0.2) is 12.1 Å². The summed E-state index contributed by atoms with van der Waals surface area (Å²) in [5.74, 6) is 1.27. The van der Waals surface area contributed by atoms with Crippen LogP contribution in [0.3, 0.4) is 0 Å². The number of hydrogen-bond acceptors (Lipinski definition) is 3. The van der Waals surface area contributed by atoms with E-state index in [-0.39, 0.29) is 0 Å². The normalized spacial score (nSPS) is 9.75. The molecule has 1 aromatic carbocycles. The zero-order valence-electron chi connectivity index (χ0n) is 9.90. The Hall–Kier alpha value is -1.91. The van der Waals surface area contributed by atoms with Crippen molar-refractivity contribution in [3.63, 3.8) is 0 Å². The van der Waals surface area contributed by atoms with Gasteiger partial charge < -0.3 is 15.2 Å². The number of amides is 2. The molecule has 1 aromatic rings. The Morgan fingerprint density at radius 1 is 1.25 bits per heavy atom. The largest absolute Gasteiger partial charge is 0.496 e. The monoisotopic (exact) mass is 224 g/mol.